The number of benzene rings is 1. The number of aryl methyl sites for hydroxylation is 1. The summed E-state index contributed by atoms with van der Waals surface area (Å²) < 4.78 is 33.2. The Labute approximate surface area is 126 Å². The Balaban J connectivity index is 2.17. The molecule has 1 aromatic rings. The first kappa shape index (κ1) is 16.3. The Morgan fingerprint density at radius 3 is 2.52 bits per heavy atom. The number of nitrogens with one attached hydrogen (secondary N) is 1. The first-order valence-corrected chi connectivity index (χ1v) is 8.81. The first-order chi connectivity index (χ1) is 9.83. The van der Waals surface area contributed by atoms with Crippen molar-refractivity contribution in [2.75, 3.05) is 6.54 Å². The smallest absolute Gasteiger partial charge is 0.240 e. The zero-order valence-electron chi connectivity index (χ0n) is 12.8. The van der Waals surface area contributed by atoms with Gasteiger partial charge in [0.2, 0.25) is 10.0 Å². The highest BCUT2D eigenvalue weighted by molar-refractivity contribution is 7.89. The van der Waals surface area contributed by atoms with Crippen LogP contribution in [0.2, 0.25) is 0 Å². The molecule has 0 aromatic heterocycles. The Kier molecular flexibility index (Phi) is 4.91. The fourth-order valence-electron chi connectivity index (χ4n) is 2.28. The number of sulfonamides is 1. The highest BCUT2D eigenvalue weighted by atomic mass is 32.2. The first-order valence-electron chi connectivity index (χ1n) is 7.33. The lowest BCUT2D eigenvalue weighted by Crippen LogP contribution is -2.41. The van der Waals surface area contributed by atoms with E-state index < -0.39 is 10.0 Å². The Bertz CT molecular complexity index is 595. The lowest BCUT2D eigenvalue weighted by atomic mass is 10.2. The minimum absolute atomic E-state index is 0.0563. The van der Waals surface area contributed by atoms with E-state index in [0.717, 1.165) is 18.4 Å². The van der Waals surface area contributed by atoms with Crippen LogP contribution in [0.15, 0.2) is 23.1 Å². The van der Waals surface area contributed by atoms with Crippen LogP contribution in [0.25, 0.3) is 0 Å². The van der Waals surface area contributed by atoms with Crippen molar-refractivity contribution in [2.24, 2.45) is 11.7 Å². The molecule has 0 radical (unpaired) electrons. The van der Waals surface area contributed by atoms with Crippen LogP contribution in [0.5, 0.6) is 5.75 Å². The van der Waals surface area contributed by atoms with Crippen molar-refractivity contribution in [1.82, 2.24) is 4.72 Å². The van der Waals surface area contributed by atoms with Gasteiger partial charge in [-0.3, -0.25) is 0 Å². The van der Waals surface area contributed by atoms with E-state index in [2.05, 4.69) is 4.72 Å². The largest absolute Gasteiger partial charge is 0.491 e. The van der Waals surface area contributed by atoms with Crippen LogP contribution < -0.4 is 15.2 Å². The lowest BCUT2D eigenvalue weighted by molar-refractivity contribution is 0.240. The van der Waals surface area contributed by atoms with Crippen molar-refractivity contribution in [3.63, 3.8) is 0 Å². The number of hydrogen-bond acceptors (Lipinski definition) is 4. The average Bonchev–Trinajstić information content (AvgIpc) is 3.22. The molecule has 1 aliphatic carbocycles. The molecule has 118 valence electrons. The number of hydrogen-bond donors (Lipinski definition) is 2. The molecule has 0 spiro atoms. The van der Waals surface area contributed by atoms with E-state index in [1.807, 2.05) is 20.8 Å². The minimum Gasteiger partial charge on any atom is -0.491 e. The molecule has 6 heteroatoms. The van der Waals surface area contributed by atoms with Gasteiger partial charge in [-0.05, 0) is 63.3 Å². The third-order valence-electron chi connectivity index (χ3n) is 3.57. The Morgan fingerprint density at radius 2 is 2.05 bits per heavy atom. The predicted molar refractivity (Wildman–Crippen MR) is 82.8 cm³/mol. The van der Waals surface area contributed by atoms with E-state index in [4.69, 9.17) is 10.5 Å². The molecule has 3 N–H and O–H groups in total. The summed E-state index contributed by atoms with van der Waals surface area (Å²) in [6.45, 7) is 6.05. The van der Waals surface area contributed by atoms with Gasteiger partial charge in [0.05, 0.1) is 11.0 Å². The van der Waals surface area contributed by atoms with Gasteiger partial charge in [0.25, 0.3) is 0 Å². The minimum atomic E-state index is -3.53. The molecule has 0 aliphatic heterocycles. The second-order valence-electron chi connectivity index (χ2n) is 5.89. The van der Waals surface area contributed by atoms with Gasteiger partial charge in [0.15, 0.2) is 0 Å². The van der Waals surface area contributed by atoms with Crippen molar-refractivity contribution in [3.8, 4) is 5.75 Å². The van der Waals surface area contributed by atoms with Crippen molar-refractivity contribution in [3.05, 3.63) is 23.8 Å². The van der Waals surface area contributed by atoms with Crippen LogP contribution in [-0.4, -0.2) is 27.1 Å². The summed E-state index contributed by atoms with van der Waals surface area (Å²) >= 11 is 0. The molecule has 21 heavy (non-hydrogen) atoms. The zero-order chi connectivity index (χ0) is 15.6. The third-order valence-corrected chi connectivity index (χ3v) is 5.06. The van der Waals surface area contributed by atoms with Crippen LogP contribution in [0, 0.1) is 12.8 Å². The fraction of sp³-hybridized carbons (Fsp3) is 0.600. The zero-order valence-corrected chi connectivity index (χ0v) is 13.6. The summed E-state index contributed by atoms with van der Waals surface area (Å²) in [5.74, 6) is 1.09. The Morgan fingerprint density at radius 1 is 1.38 bits per heavy atom. The lowest BCUT2D eigenvalue weighted by Gasteiger charge is -2.17. The van der Waals surface area contributed by atoms with Gasteiger partial charge in [0, 0.05) is 12.6 Å². The maximum Gasteiger partial charge on any atom is 0.240 e. The fourth-order valence-corrected chi connectivity index (χ4v) is 3.68. The molecule has 1 atom stereocenters. The van der Waals surface area contributed by atoms with Crippen LogP contribution in [0.4, 0.5) is 0 Å². The highest BCUT2D eigenvalue weighted by Gasteiger charge is 2.33. The quantitative estimate of drug-likeness (QED) is 0.804. The summed E-state index contributed by atoms with van der Waals surface area (Å²) in [4.78, 5) is 0.259. The molecule has 1 fully saturated rings. The molecule has 0 saturated heterocycles. The van der Waals surface area contributed by atoms with E-state index in [-0.39, 0.29) is 17.0 Å². The third kappa shape index (κ3) is 4.18. The summed E-state index contributed by atoms with van der Waals surface area (Å²) in [5, 5.41) is 0. The molecule has 0 heterocycles. The molecular formula is C15H24N2O3S. The molecule has 5 nitrogen and oxygen atoms in total. The molecule has 2 rings (SSSR count). The maximum absolute atomic E-state index is 12.4. The second-order valence-corrected chi connectivity index (χ2v) is 7.61. The van der Waals surface area contributed by atoms with Crippen LogP contribution >= 0.6 is 0 Å². The molecule has 1 unspecified atom stereocenters. The van der Waals surface area contributed by atoms with Crippen LogP contribution in [0.3, 0.4) is 0 Å². The van der Waals surface area contributed by atoms with Crippen molar-refractivity contribution >= 4 is 10.0 Å². The van der Waals surface area contributed by atoms with Crippen LogP contribution in [-0.2, 0) is 10.0 Å². The van der Waals surface area contributed by atoms with Gasteiger partial charge in [-0.15, -0.1) is 0 Å². The van der Waals surface area contributed by atoms with E-state index in [0.29, 0.717) is 18.2 Å². The van der Waals surface area contributed by atoms with Gasteiger partial charge in [-0.1, -0.05) is 0 Å². The van der Waals surface area contributed by atoms with E-state index in [9.17, 15) is 8.42 Å². The van der Waals surface area contributed by atoms with Gasteiger partial charge in [0.1, 0.15) is 5.75 Å². The summed E-state index contributed by atoms with van der Waals surface area (Å²) in [5.41, 5.74) is 6.47. The molecule has 1 aromatic carbocycles. The number of rotatable bonds is 7. The number of nitrogens with two attached hydrogens (primary N) is 1. The normalized spacial score (nSPS) is 17.0. The van der Waals surface area contributed by atoms with Gasteiger partial charge in [-0.2, -0.15) is 0 Å². The summed E-state index contributed by atoms with van der Waals surface area (Å²) in [6.07, 6.45) is 2.15. The van der Waals surface area contributed by atoms with E-state index in [1.54, 1.807) is 18.2 Å². The van der Waals surface area contributed by atoms with Gasteiger partial charge >= 0.3 is 0 Å². The number of ether oxygens (including phenoxy) is 1. The predicted octanol–water partition coefficient (Wildman–Crippen LogP) is 1.80. The monoisotopic (exact) mass is 312 g/mol. The topological polar surface area (TPSA) is 81.4 Å². The molecule has 0 amide bonds. The maximum atomic E-state index is 12.4. The van der Waals surface area contributed by atoms with Crippen molar-refractivity contribution in [1.29, 1.82) is 0 Å². The second kappa shape index (κ2) is 6.34. The average molecular weight is 312 g/mol. The molecule has 1 aliphatic rings. The van der Waals surface area contributed by atoms with Crippen molar-refractivity contribution in [2.45, 2.75) is 50.7 Å². The van der Waals surface area contributed by atoms with E-state index >= 15 is 0 Å². The van der Waals surface area contributed by atoms with Gasteiger partial charge in [-0.25, -0.2) is 13.1 Å². The van der Waals surface area contributed by atoms with Gasteiger partial charge < -0.3 is 10.5 Å². The van der Waals surface area contributed by atoms with E-state index in [1.165, 1.54) is 0 Å². The Hall–Kier alpha value is -1.11. The molecule has 0 bridgehead atoms. The van der Waals surface area contributed by atoms with Crippen molar-refractivity contribution < 1.29 is 13.2 Å². The summed E-state index contributed by atoms with van der Waals surface area (Å²) in [6, 6.07) is 4.76. The van der Waals surface area contributed by atoms with Crippen LogP contribution in [0.1, 0.15) is 32.3 Å². The standard InChI is InChI=1S/C15H24N2O3S/c1-10(2)20-15-7-6-13(8-11(15)3)21(18,19)17-14(9-16)12-4-5-12/h6-8,10,12,14,17H,4-5,9,16H2,1-3H3. The SMILES string of the molecule is Cc1cc(S(=O)(=O)NC(CN)C2CC2)ccc1OC(C)C. The molecule has 1 saturated carbocycles. The summed E-state index contributed by atoms with van der Waals surface area (Å²) in [7, 11) is -3.53. The highest BCUT2D eigenvalue weighted by Crippen LogP contribution is 2.33. The molecular weight excluding hydrogens is 288 g/mol.